The number of benzene rings is 1. The Morgan fingerprint density at radius 3 is 2.61 bits per heavy atom. The van der Waals surface area contributed by atoms with E-state index in [1.54, 1.807) is 6.92 Å². The van der Waals surface area contributed by atoms with E-state index in [1.165, 1.54) is 12.1 Å². The summed E-state index contributed by atoms with van der Waals surface area (Å²) < 4.78 is 37.2. The zero-order valence-electron chi connectivity index (χ0n) is 15.1. The van der Waals surface area contributed by atoms with Crippen molar-refractivity contribution in [3.05, 3.63) is 40.5 Å². The molecule has 11 heteroatoms. The first-order valence-corrected chi connectivity index (χ1v) is 9.20. The zero-order chi connectivity index (χ0) is 20.7. The van der Waals surface area contributed by atoms with Gasteiger partial charge in [0, 0.05) is 18.7 Å². The maximum Gasteiger partial charge on any atom is 0.319 e. The summed E-state index contributed by atoms with van der Waals surface area (Å²) in [4.78, 5) is 23.5. The van der Waals surface area contributed by atoms with E-state index in [-0.39, 0.29) is 47.3 Å². The van der Waals surface area contributed by atoms with Crippen LogP contribution in [0.15, 0.2) is 12.1 Å². The number of amides is 3. The zero-order valence-corrected chi connectivity index (χ0v) is 15.9. The summed E-state index contributed by atoms with van der Waals surface area (Å²) in [5.74, 6) is -3.07. The smallest absolute Gasteiger partial charge is 0.319 e. The van der Waals surface area contributed by atoms with Crippen LogP contribution in [0.4, 0.5) is 18.6 Å². The average Bonchev–Trinajstić information content (AvgIpc) is 3.06. The van der Waals surface area contributed by atoms with Crippen molar-refractivity contribution in [1.82, 2.24) is 9.69 Å². The minimum atomic E-state index is -1.03. The second-order valence-corrected chi connectivity index (χ2v) is 6.44. The van der Waals surface area contributed by atoms with Gasteiger partial charge in [-0.1, -0.05) is 19.1 Å². The summed E-state index contributed by atoms with van der Waals surface area (Å²) in [5, 5.41) is 13.6. The number of carbonyl (C=O) groups is 2. The summed E-state index contributed by atoms with van der Waals surface area (Å²) in [6.45, 7) is 1.48. The van der Waals surface area contributed by atoms with Crippen LogP contribution in [-0.4, -0.2) is 34.6 Å². The highest BCUT2D eigenvalue weighted by molar-refractivity contribution is 7.11. The van der Waals surface area contributed by atoms with E-state index in [9.17, 15) is 18.4 Å². The van der Waals surface area contributed by atoms with Crippen molar-refractivity contribution >= 4 is 28.5 Å². The fourth-order valence-electron chi connectivity index (χ4n) is 2.27. The standard InChI is InChI=1S/C17H20F2N4O4S/c1-2-9-4-5-10(13(19)12(9)18)8-27-15-11(14(20)25)16(28-23-15)22-17(26)21-6-3-7-24/h4-5,24H,2-3,6-8H2,1H3,(H2,20,25)(H2,21,22,26). The average molecular weight is 414 g/mol. The van der Waals surface area contributed by atoms with Crippen molar-refractivity contribution in [2.45, 2.75) is 26.4 Å². The number of nitrogens with one attached hydrogen (secondary N) is 2. The number of primary amides is 1. The van der Waals surface area contributed by atoms with Crippen LogP contribution < -0.4 is 21.1 Å². The quantitative estimate of drug-likeness (QED) is 0.468. The van der Waals surface area contributed by atoms with E-state index in [0.29, 0.717) is 12.8 Å². The number of aromatic nitrogens is 1. The lowest BCUT2D eigenvalue weighted by Crippen LogP contribution is -2.30. The van der Waals surface area contributed by atoms with Crippen LogP contribution in [0.2, 0.25) is 0 Å². The molecule has 2 aromatic rings. The third kappa shape index (κ3) is 5.14. The SMILES string of the molecule is CCc1ccc(COc2nsc(NC(=O)NCCCO)c2C(N)=O)c(F)c1F. The lowest BCUT2D eigenvalue weighted by atomic mass is 10.1. The Hall–Kier alpha value is -2.79. The highest BCUT2D eigenvalue weighted by atomic mass is 32.1. The molecule has 1 heterocycles. The number of rotatable bonds is 9. The molecule has 0 aliphatic carbocycles. The molecule has 0 saturated carbocycles. The topological polar surface area (TPSA) is 127 Å². The van der Waals surface area contributed by atoms with Gasteiger partial charge in [-0.05, 0) is 29.9 Å². The van der Waals surface area contributed by atoms with Gasteiger partial charge in [-0.25, -0.2) is 13.6 Å². The monoisotopic (exact) mass is 414 g/mol. The molecule has 2 rings (SSSR count). The van der Waals surface area contributed by atoms with Crippen LogP contribution in [0.3, 0.4) is 0 Å². The van der Waals surface area contributed by atoms with E-state index in [1.807, 2.05) is 0 Å². The van der Waals surface area contributed by atoms with Gasteiger partial charge in [-0.3, -0.25) is 10.1 Å². The fraction of sp³-hybridized carbons (Fsp3) is 0.353. The number of aliphatic hydroxyl groups is 1. The Bertz CT molecular complexity index is 860. The number of nitrogens with zero attached hydrogens (tertiary/aromatic N) is 1. The number of hydrogen-bond acceptors (Lipinski definition) is 6. The number of urea groups is 1. The number of nitrogens with two attached hydrogens (primary N) is 1. The van der Waals surface area contributed by atoms with Crippen molar-refractivity contribution in [3.8, 4) is 5.88 Å². The molecule has 5 N–H and O–H groups in total. The first-order valence-electron chi connectivity index (χ1n) is 8.42. The summed E-state index contributed by atoms with van der Waals surface area (Å²) >= 11 is 0.756. The Labute approximate surface area is 163 Å². The van der Waals surface area contributed by atoms with E-state index >= 15 is 0 Å². The summed E-state index contributed by atoms with van der Waals surface area (Å²) in [6.07, 6.45) is 0.712. The van der Waals surface area contributed by atoms with E-state index < -0.39 is 23.6 Å². The third-order valence-corrected chi connectivity index (χ3v) is 4.49. The molecule has 0 fully saturated rings. The second kappa shape index (κ2) is 9.95. The molecule has 8 nitrogen and oxygen atoms in total. The van der Waals surface area contributed by atoms with Gasteiger partial charge in [-0.2, -0.15) is 4.37 Å². The van der Waals surface area contributed by atoms with Crippen molar-refractivity contribution < 1.29 is 28.2 Å². The lowest BCUT2D eigenvalue weighted by molar-refractivity contribution is 0.0996. The molecule has 152 valence electrons. The van der Waals surface area contributed by atoms with Crippen LogP contribution >= 0.6 is 11.5 Å². The fourth-order valence-corrected chi connectivity index (χ4v) is 3.00. The normalized spacial score (nSPS) is 10.6. The van der Waals surface area contributed by atoms with Crippen molar-refractivity contribution in [2.75, 3.05) is 18.5 Å². The van der Waals surface area contributed by atoms with Crippen molar-refractivity contribution in [1.29, 1.82) is 0 Å². The Morgan fingerprint density at radius 2 is 1.96 bits per heavy atom. The molecule has 0 radical (unpaired) electrons. The number of anilines is 1. The molecule has 0 bridgehead atoms. The molecule has 0 atom stereocenters. The molecule has 0 saturated heterocycles. The number of carbonyl (C=O) groups excluding carboxylic acids is 2. The van der Waals surface area contributed by atoms with Crippen molar-refractivity contribution in [2.24, 2.45) is 5.73 Å². The van der Waals surface area contributed by atoms with Crippen LogP contribution in [0.1, 0.15) is 34.8 Å². The maximum absolute atomic E-state index is 14.1. The molecule has 3 amide bonds. The highest BCUT2D eigenvalue weighted by Crippen LogP contribution is 2.31. The van der Waals surface area contributed by atoms with Gasteiger partial charge in [0.2, 0.25) is 5.88 Å². The number of aryl methyl sites for hydroxylation is 1. The third-order valence-electron chi connectivity index (χ3n) is 3.74. The van der Waals surface area contributed by atoms with Crippen molar-refractivity contribution in [3.63, 3.8) is 0 Å². The van der Waals surface area contributed by atoms with Gasteiger partial charge in [0.15, 0.2) is 11.6 Å². The van der Waals surface area contributed by atoms with Gasteiger partial charge in [0.05, 0.1) is 0 Å². The van der Waals surface area contributed by atoms with Gasteiger partial charge in [0.25, 0.3) is 5.91 Å². The van der Waals surface area contributed by atoms with E-state index in [4.69, 9.17) is 15.6 Å². The van der Waals surface area contributed by atoms with Crippen LogP contribution in [0.5, 0.6) is 5.88 Å². The number of aliphatic hydroxyl groups excluding tert-OH is 1. The molecule has 28 heavy (non-hydrogen) atoms. The summed E-state index contributed by atoms with van der Waals surface area (Å²) in [5.41, 5.74) is 5.35. The molecule has 0 spiro atoms. The lowest BCUT2D eigenvalue weighted by Gasteiger charge is -2.09. The Kier molecular flexibility index (Phi) is 7.64. The maximum atomic E-state index is 14.1. The molecular weight excluding hydrogens is 394 g/mol. The molecule has 1 aromatic heterocycles. The minimum absolute atomic E-state index is 0.0469. The van der Waals surface area contributed by atoms with Gasteiger partial charge in [-0.15, -0.1) is 0 Å². The number of ether oxygens (including phenoxy) is 1. The van der Waals surface area contributed by atoms with Gasteiger partial charge in [0.1, 0.15) is 17.2 Å². The van der Waals surface area contributed by atoms with E-state index in [2.05, 4.69) is 15.0 Å². The Balaban J connectivity index is 2.12. The Morgan fingerprint density at radius 1 is 1.29 bits per heavy atom. The minimum Gasteiger partial charge on any atom is -0.471 e. The highest BCUT2D eigenvalue weighted by Gasteiger charge is 2.22. The largest absolute Gasteiger partial charge is 0.471 e. The molecular formula is C17H20F2N4O4S. The first-order chi connectivity index (χ1) is 13.4. The summed E-state index contributed by atoms with van der Waals surface area (Å²) in [7, 11) is 0. The van der Waals surface area contributed by atoms with Gasteiger partial charge >= 0.3 is 6.03 Å². The molecule has 0 aliphatic heterocycles. The molecule has 0 aliphatic rings. The second-order valence-electron chi connectivity index (χ2n) is 5.67. The van der Waals surface area contributed by atoms with Crippen LogP contribution in [0.25, 0.3) is 0 Å². The predicted octanol–water partition coefficient (Wildman–Crippen LogP) is 2.17. The number of hydrogen-bond donors (Lipinski definition) is 4. The van der Waals surface area contributed by atoms with Gasteiger partial charge < -0.3 is 20.9 Å². The number of halogens is 2. The summed E-state index contributed by atoms with van der Waals surface area (Å²) in [6, 6.07) is 2.23. The van der Waals surface area contributed by atoms with E-state index in [0.717, 1.165) is 11.5 Å². The predicted molar refractivity (Wildman–Crippen MR) is 99.4 cm³/mol. The van der Waals surface area contributed by atoms with Crippen LogP contribution in [-0.2, 0) is 13.0 Å². The van der Waals surface area contributed by atoms with Crippen LogP contribution in [0, 0.1) is 11.6 Å². The molecule has 0 unspecified atom stereocenters. The molecule has 1 aromatic carbocycles. The first kappa shape index (κ1) is 21.5.